The number of benzene rings is 2. The third kappa shape index (κ3) is 7.31. The number of rotatable bonds is 4. The van der Waals surface area contributed by atoms with Gasteiger partial charge >= 0.3 is 19.5 Å². The van der Waals surface area contributed by atoms with E-state index in [1.807, 2.05) is 83.7 Å². The Bertz CT molecular complexity index is 785. The molecular formula is C19H16BF4NO2. The fourth-order valence-electron chi connectivity index (χ4n) is 2.23. The molecule has 1 heterocycles. The molecule has 0 N–H and O–H groups in total. The number of aromatic nitrogens is 1. The maximum Gasteiger partial charge on any atom is 0.673 e. The highest BCUT2D eigenvalue weighted by atomic mass is 19.5. The summed E-state index contributed by atoms with van der Waals surface area (Å²) < 4.78 is 46.6. The van der Waals surface area contributed by atoms with Gasteiger partial charge in [0.1, 0.15) is 0 Å². The first-order valence-electron chi connectivity index (χ1n) is 7.98. The summed E-state index contributed by atoms with van der Waals surface area (Å²) in [6, 6.07) is 24.5. The molecule has 0 aliphatic heterocycles. The molecule has 1 unspecified atom stereocenters. The van der Waals surface area contributed by atoms with Crippen LogP contribution in [-0.4, -0.2) is 13.2 Å². The van der Waals surface area contributed by atoms with Gasteiger partial charge in [0, 0.05) is 12.1 Å². The zero-order chi connectivity index (χ0) is 19.7. The molecule has 0 aliphatic carbocycles. The van der Waals surface area contributed by atoms with Crippen molar-refractivity contribution >= 4 is 13.2 Å². The minimum atomic E-state index is -6.00. The van der Waals surface area contributed by atoms with Crippen molar-refractivity contribution in [2.24, 2.45) is 0 Å². The smallest absolute Gasteiger partial charge is 0.418 e. The van der Waals surface area contributed by atoms with E-state index < -0.39 is 13.5 Å². The molecule has 3 nitrogen and oxygen atoms in total. The molecule has 0 radical (unpaired) electrons. The van der Waals surface area contributed by atoms with Crippen LogP contribution in [-0.2, 0) is 4.74 Å². The summed E-state index contributed by atoms with van der Waals surface area (Å²) in [6.07, 6.45) is 3.28. The zero-order valence-corrected chi connectivity index (χ0v) is 14.1. The third-order valence-corrected chi connectivity index (χ3v) is 3.32. The van der Waals surface area contributed by atoms with Gasteiger partial charge in [0.15, 0.2) is 12.4 Å². The summed E-state index contributed by atoms with van der Waals surface area (Å²) in [5.74, 6) is -0.342. The number of carbonyl (C=O) groups is 1. The van der Waals surface area contributed by atoms with Gasteiger partial charge in [-0.3, -0.25) is 0 Å². The standard InChI is InChI=1S/C19H16NO2.BF4/c21-19(17-12-6-2-7-13-17)22-18(16-10-4-1-5-11-16)20-14-8-3-9-15-20;2-1(3,4)5/h1-15,18H;/q+1;-1. The van der Waals surface area contributed by atoms with E-state index in [1.165, 1.54) is 0 Å². The molecule has 1 atom stereocenters. The Balaban J connectivity index is 0.000000465. The first-order valence-corrected chi connectivity index (χ1v) is 7.98. The molecule has 3 aromatic rings. The van der Waals surface area contributed by atoms with Gasteiger partial charge in [-0.2, -0.15) is 4.57 Å². The van der Waals surface area contributed by atoms with E-state index in [2.05, 4.69) is 0 Å². The first kappa shape index (κ1) is 20.2. The van der Waals surface area contributed by atoms with Gasteiger partial charge in [-0.25, -0.2) is 4.79 Å². The molecule has 0 aliphatic rings. The average molecular weight is 377 g/mol. The molecule has 0 saturated heterocycles. The predicted octanol–water partition coefficient (Wildman–Crippen LogP) is 4.68. The fraction of sp³-hybridized carbons (Fsp3) is 0.0526. The second kappa shape index (κ2) is 9.52. The molecular weight excluding hydrogens is 361 g/mol. The van der Waals surface area contributed by atoms with Crippen LogP contribution >= 0.6 is 0 Å². The van der Waals surface area contributed by atoms with Gasteiger partial charge in [0.05, 0.1) is 11.1 Å². The molecule has 27 heavy (non-hydrogen) atoms. The first-order chi connectivity index (χ1) is 12.8. The fourth-order valence-corrected chi connectivity index (χ4v) is 2.23. The lowest BCUT2D eigenvalue weighted by Gasteiger charge is -2.13. The Morgan fingerprint density at radius 1 is 0.778 bits per heavy atom. The zero-order valence-electron chi connectivity index (χ0n) is 14.1. The topological polar surface area (TPSA) is 30.2 Å². The van der Waals surface area contributed by atoms with Gasteiger partial charge in [-0.15, -0.1) is 0 Å². The van der Waals surface area contributed by atoms with E-state index in [9.17, 15) is 22.1 Å². The molecule has 2 aromatic carbocycles. The number of esters is 1. The number of carbonyl (C=O) groups excluding carboxylic acids is 1. The van der Waals surface area contributed by atoms with Crippen molar-refractivity contribution in [1.82, 2.24) is 0 Å². The van der Waals surface area contributed by atoms with Crippen molar-refractivity contribution in [1.29, 1.82) is 0 Å². The maximum atomic E-state index is 12.4. The van der Waals surface area contributed by atoms with E-state index in [4.69, 9.17) is 4.74 Å². The number of hydrogen-bond acceptors (Lipinski definition) is 2. The highest BCUT2D eigenvalue weighted by Gasteiger charge is 2.25. The van der Waals surface area contributed by atoms with Crippen LogP contribution in [0.15, 0.2) is 91.3 Å². The van der Waals surface area contributed by atoms with Crippen LogP contribution in [0.3, 0.4) is 0 Å². The van der Waals surface area contributed by atoms with E-state index in [1.54, 1.807) is 12.1 Å². The van der Waals surface area contributed by atoms with Crippen LogP contribution < -0.4 is 4.57 Å². The summed E-state index contributed by atoms with van der Waals surface area (Å²) in [5.41, 5.74) is 1.46. The molecule has 0 amide bonds. The van der Waals surface area contributed by atoms with Gasteiger partial charge < -0.3 is 22.0 Å². The Morgan fingerprint density at radius 2 is 1.22 bits per heavy atom. The van der Waals surface area contributed by atoms with E-state index in [-0.39, 0.29) is 5.97 Å². The Kier molecular flexibility index (Phi) is 7.11. The summed E-state index contributed by atoms with van der Waals surface area (Å²) >= 11 is 0. The number of nitrogens with zero attached hydrogens (tertiary/aromatic N) is 1. The molecule has 1 aromatic heterocycles. The van der Waals surface area contributed by atoms with Crippen LogP contribution in [0.5, 0.6) is 0 Å². The van der Waals surface area contributed by atoms with Gasteiger partial charge in [-0.1, -0.05) is 42.5 Å². The van der Waals surface area contributed by atoms with Crippen LogP contribution in [0.4, 0.5) is 17.3 Å². The van der Waals surface area contributed by atoms with Crippen molar-refractivity contribution in [2.75, 3.05) is 0 Å². The second-order valence-corrected chi connectivity index (χ2v) is 5.35. The van der Waals surface area contributed by atoms with E-state index >= 15 is 0 Å². The molecule has 0 bridgehead atoms. The van der Waals surface area contributed by atoms with Crippen LogP contribution in [0, 0.1) is 0 Å². The van der Waals surface area contributed by atoms with Crippen LogP contribution in [0.1, 0.15) is 22.1 Å². The predicted molar refractivity (Wildman–Crippen MR) is 93.3 cm³/mol. The number of hydrogen-bond donors (Lipinski definition) is 0. The van der Waals surface area contributed by atoms with Crippen molar-refractivity contribution in [3.05, 3.63) is 102 Å². The largest absolute Gasteiger partial charge is 0.673 e. The molecule has 0 spiro atoms. The summed E-state index contributed by atoms with van der Waals surface area (Å²) in [5, 5.41) is 0. The minimum absolute atomic E-state index is 0.342. The van der Waals surface area contributed by atoms with Crippen molar-refractivity contribution in [2.45, 2.75) is 6.23 Å². The molecule has 3 rings (SSSR count). The van der Waals surface area contributed by atoms with Crippen molar-refractivity contribution < 1.29 is 31.4 Å². The van der Waals surface area contributed by atoms with Gasteiger partial charge in [-0.05, 0) is 24.3 Å². The highest BCUT2D eigenvalue weighted by Crippen LogP contribution is 2.16. The molecule has 0 fully saturated rings. The summed E-state index contributed by atoms with van der Waals surface area (Å²) in [4.78, 5) is 12.4. The lowest BCUT2D eigenvalue weighted by Crippen LogP contribution is -2.42. The lowest BCUT2D eigenvalue weighted by atomic mass is 10.2. The molecule has 0 saturated carbocycles. The normalized spacial score (nSPS) is 11.7. The highest BCUT2D eigenvalue weighted by molar-refractivity contribution is 6.50. The van der Waals surface area contributed by atoms with Crippen LogP contribution in [0.2, 0.25) is 0 Å². The van der Waals surface area contributed by atoms with Gasteiger partial charge in [0.2, 0.25) is 0 Å². The summed E-state index contributed by atoms with van der Waals surface area (Å²) in [7, 11) is -6.00. The maximum absolute atomic E-state index is 12.4. The second-order valence-electron chi connectivity index (χ2n) is 5.35. The SMILES string of the molecule is F[B-](F)(F)F.O=C(OC(c1ccccc1)[n+]1ccccc1)c1ccccc1. The Hall–Kier alpha value is -3.16. The Labute approximate surface area is 154 Å². The van der Waals surface area contributed by atoms with Crippen LogP contribution in [0.25, 0.3) is 0 Å². The number of ether oxygens (including phenoxy) is 1. The number of halogens is 4. The van der Waals surface area contributed by atoms with Gasteiger partial charge in [0.25, 0.3) is 0 Å². The van der Waals surface area contributed by atoms with Crippen molar-refractivity contribution in [3.63, 3.8) is 0 Å². The quantitative estimate of drug-likeness (QED) is 0.286. The molecule has 140 valence electrons. The molecule has 8 heteroatoms. The minimum Gasteiger partial charge on any atom is -0.418 e. The third-order valence-electron chi connectivity index (χ3n) is 3.32. The monoisotopic (exact) mass is 377 g/mol. The average Bonchev–Trinajstić information content (AvgIpc) is 2.67. The summed E-state index contributed by atoms with van der Waals surface area (Å²) in [6.45, 7) is 0. The number of pyridine rings is 1. The van der Waals surface area contributed by atoms with E-state index in [0.717, 1.165) is 5.56 Å². The van der Waals surface area contributed by atoms with E-state index in [0.29, 0.717) is 5.56 Å². The van der Waals surface area contributed by atoms with Crippen molar-refractivity contribution in [3.8, 4) is 0 Å². The lowest BCUT2D eigenvalue weighted by molar-refractivity contribution is -0.746. The Morgan fingerprint density at radius 3 is 1.74 bits per heavy atom.